The zero-order chi connectivity index (χ0) is 19.5. The molecule has 0 aliphatic heterocycles. The van der Waals surface area contributed by atoms with Crippen molar-refractivity contribution in [3.63, 3.8) is 0 Å². The number of nitrogens with zero attached hydrogens (tertiary/aromatic N) is 3. The van der Waals surface area contributed by atoms with Gasteiger partial charge in [-0.1, -0.05) is 42.5 Å². The molecule has 0 fully saturated rings. The van der Waals surface area contributed by atoms with E-state index < -0.39 is 5.91 Å². The molecule has 0 spiro atoms. The minimum absolute atomic E-state index is 0.180. The maximum absolute atomic E-state index is 13.3. The van der Waals surface area contributed by atoms with Crippen LogP contribution in [-0.4, -0.2) is 20.6 Å². The molecule has 4 rings (SSSR count). The summed E-state index contributed by atoms with van der Waals surface area (Å²) in [4.78, 5) is 33.3. The number of amides is 1. The molecule has 0 saturated carbocycles. The van der Waals surface area contributed by atoms with Crippen LogP contribution in [0.15, 0.2) is 88.6 Å². The fourth-order valence-corrected chi connectivity index (χ4v) is 3.10. The molecule has 1 heterocycles. The highest BCUT2D eigenvalue weighted by Crippen LogP contribution is 2.22. The molecule has 0 radical (unpaired) electrons. The highest BCUT2D eigenvalue weighted by Gasteiger charge is 2.14. The van der Waals surface area contributed by atoms with Crippen LogP contribution in [0.2, 0.25) is 0 Å². The van der Waals surface area contributed by atoms with Crippen LogP contribution >= 0.6 is 12.2 Å². The molecule has 0 aliphatic rings. The zero-order valence-electron chi connectivity index (χ0n) is 14.6. The van der Waals surface area contributed by atoms with Gasteiger partial charge in [0, 0.05) is 11.1 Å². The van der Waals surface area contributed by atoms with Crippen LogP contribution in [0.5, 0.6) is 0 Å². The van der Waals surface area contributed by atoms with E-state index in [1.807, 2.05) is 48.5 Å². The van der Waals surface area contributed by atoms with Crippen LogP contribution < -0.4 is 5.56 Å². The number of aliphatic imine (C=N–C) groups is 1. The van der Waals surface area contributed by atoms with Crippen molar-refractivity contribution in [3.05, 3.63) is 94.8 Å². The monoisotopic (exact) mass is 383 g/mol. The SMILES string of the molecule is O=C(N=C=S)c1ccc(-n2c(-c3ccccc3)nc3ccccc3c2=O)cc1. The Morgan fingerprint density at radius 1 is 0.929 bits per heavy atom. The molecule has 1 amide bonds. The highest BCUT2D eigenvalue weighted by atomic mass is 32.1. The van der Waals surface area contributed by atoms with Crippen LogP contribution in [-0.2, 0) is 0 Å². The number of carbonyl (C=O) groups excluding carboxylic acids is 1. The Labute approximate surface area is 165 Å². The molecule has 0 N–H and O–H groups in total. The predicted molar refractivity (Wildman–Crippen MR) is 112 cm³/mol. The molecule has 1 aromatic heterocycles. The largest absolute Gasteiger partial charge is 0.285 e. The molecule has 0 saturated heterocycles. The number of para-hydroxylation sites is 1. The quantitative estimate of drug-likeness (QED) is 0.391. The first-order valence-electron chi connectivity index (χ1n) is 8.49. The summed E-state index contributed by atoms with van der Waals surface area (Å²) in [7, 11) is 0. The van der Waals surface area contributed by atoms with Crippen molar-refractivity contribution in [3.8, 4) is 17.1 Å². The van der Waals surface area contributed by atoms with Gasteiger partial charge in [0.2, 0.25) is 0 Å². The van der Waals surface area contributed by atoms with E-state index in [0.717, 1.165) is 5.56 Å². The second-order valence-electron chi connectivity index (χ2n) is 6.01. The second-order valence-corrected chi connectivity index (χ2v) is 6.20. The molecule has 0 bridgehead atoms. The van der Waals surface area contributed by atoms with E-state index in [0.29, 0.717) is 28.0 Å². The third-order valence-corrected chi connectivity index (χ3v) is 4.42. The summed E-state index contributed by atoms with van der Waals surface area (Å²) in [6.07, 6.45) is 0. The number of thiocarbonyl (C=S) groups is 1. The molecule has 0 atom stereocenters. The molecule has 5 nitrogen and oxygen atoms in total. The third-order valence-electron chi connectivity index (χ3n) is 4.33. The minimum atomic E-state index is -0.478. The van der Waals surface area contributed by atoms with E-state index in [4.69, 9.17) is 4.98 Å². The Morgan fingerprint density at radius 2 is 1.61 bits per heavy atom. The maximum Gasteiger partial charge on any atom is 0.285 e. The van der Waals surface area contributed by atoms with Gasteiger partial charge in [-0.2, -0.15) is 4.99 Å². The maximum atomic E-state index is 13.3. The number of carbonyl (C=O) groups is 1. The number of benzene rings is 3. The van der Waals surface area contributed by atoms with Gasteiger partial charge >= 0.3 is 0 Å². The normalized spacial score (nSPS) is 10.4. The standard InChI is InChI=1S/C22H13N3O2S/c26-21(23-14-28)16-10-12-17(13-11-16)25-20(15-6-2-1-3-7-15)24-19-9-5-4-8-18(19)22(25)27/h1-13H. The molecule has 0 aliphatic carbocycles. The average Bonchev–Trinajstić information content (AvgIpc) is 2.75. The number of hydrogen-bond acceptors (Lipinski definition) is 4. The number of fused-ring (bicyclic) bond motifs is 1. The van der Waals surface area contributed by atoms with Gasteiger partial charge in [-0.05, 0) is 48.6 Å². The first-order chi connectivity index (χ1) is 13.7. The smallest absolute Gasteiger partial charge is 0.268 e. The molecule has 0 unspecified atom stereocenters. The lowest BCUT2D eigenvalue weighted by molar-refractivity contribution is 0.100. The van der Waals surface area contributed by atoms with E-state index >= 15 is 0 Å². The number of isothiocyanates is 1. The fourth-order valence-electron chi connectivity index (χ4n) is 3.01. The number of aromatic nitrogens is 2. The molecule has 28 heavy (non-hydrogen) atoms. The van der Waals surface area contributed by atoms with E-state index in [1.54, 1.807) is 34.9 Å². The molecule has 6 heteroatoms. The van der Waals surface area contributed by atoms with Crippen LogP contribution in [0, 0.1) is 0 Å². The lowest BCUT2D eigenvalue weighted by atomic mass is 10.1. The topological polar surface area (TPSA) is 64.3 Å². The van der Waals surface area contributed by atoms with E-state index in [9.17, 15) is 9.59 Å². The molecule has 3 aromatic carbocycles. The summed E-state index contributed by atoms with van der Waals surface area (Å²) >= 11 is 4.47. The Balaban J connectivity index is 1.97. The van der Waals surface area contributed by atoms with Crippen LogP contribution in [0.25, 0.3) is 28.0 Å². The summed E-state index contributed by atoms with van der Waals surface area (Å²) in [6, 6.07) is 23.3. The molecule has 134 valence electrons. The molecular formula is C22H13N3O2S. The van der Waals surface area contributed by atoms with Gasteiger partial charge in [-0.15, -0.1) is 0 Å². The van der Waals surface area contributed by atoms with E-state index in [2.05, 4.69) is 22.4 Å². The second kappa shape index (κ2) is 7.48. The Kier molecular flexibility index (Phi) is 4.72. The van der Waals surface area contributed by atoms with E-state index in [-0.39, 0.29) is 5.56 Å². The van der Waals surface area contributed by atoms with Crippen LogP contribution in [0.3, 0.4) is 0 Å². The Hall–Kier alpha value is -3.73. The van der Waals surface area contributed by atoms with Crippen molar-refractivity contribution in [2.24, 2.45) is 4.99 Å². The lowest BCUT2D eigenvalue weighted by Gasteiger charge is -2.14. The summed E-state index contributed by atoms with van der Waals surface area (Å²) in [5.41, 5.74) is 2.23. The van der Waals surface area contributed by atoms with Crippen molar-refractivity contribution >= 4 is 34.2 Å². The van der Waals surface area contributed by atoms with Gasteiger partial charge in [0.05, 0.1) is 21.8 Å². The third kappa shape index (κ3) is 3.18. The minimum Gasteiger partial charge on any atom is -0.268 e. The van der Waals surface area contributed by atoms with Crippen molar-refractivity contribution in [2.75, 3.05) is 0 Å². The van der Waals surface area contributed by atoms with Crippen molar-refractivity contribution in [1.82, 2.24) is 9.55 Å². The van der Waals surface area contributed by atoms with Crippen molar-refractivity contribution < 1.29 is 4.79 Å². The molecule has 4 aromatic rings. The average molecular weight is 383 g/mol. The summed E-state index contributed by atoms with van der Waals surface area (Å²) < 4.78 is 1.55. The Bertz CT molecular complexity index is 1290. The number of hydrogen-bond donors (Lipinski definition) is 0. The first-order valence-corrected chi connectivity index (χ1v) is 8.90. The number of rotatable bonds is 3. The van der Waals surface area contributed by atoms with Gasteiger partial charge in [-0.25, -0.2) is 4.98 Å². The zero-order valence-corrected chi connectivity index (χ0v) is 15.4. The van der Waals surface area contributed by atoms with Gasteiger partial charge in [-0.3, -0.25) is 14.2 Å². The van der Waals surface area contributed by atoms with Gasteiger partial charge in [0.15, 0.2) is 0 Å². The first kappa shape index (κ1) is 17.7. The van der Waals surface area contributed by atoms with Gasteiger partial charge < -0.3 is 0 Å². The predicted octanol–water partition coefficient (Wildman–Crippen LogP) is 4.30. The van der Waals surface area contributed by atoms with Crippen LogP contribution in [0.1, 0.15) is 10.4 Å². The summed E-state index contributed by atoms with van der Waals surface area (Å²) in [5, 5.41) is 2.59. The highest BCUT2D eigenvalue weighted by molar-refractivity contribution is 7.78. The van der Waals surface area contributed by atoms with Gasteiger partial charge in [0.1, 0.15) is 5.82 Å². The van der Waals surface area contributed by atoms with E-state index in [1.165, 1.54) is 0 Å². The Morgan fingerprint density at radius 3 is 2.32 bits per heavy atom. The van der Waals surface area contributed by atoms with Crippen molar-refractivity contribution in [1.29, 1.82) is 0 Å². The summed E-state index contributed by atoms with van der Waals surface area (Å²) in [6.45, 7) is 0. The summed E-state index contributed by atoms with van der Waals surface area (Å²) in [5.74, 6) is 0.0501. The van der Waals surface area contributed by atoms with Crippen molar-refractivity contribution in [2.45, 2.75) is 0 Å². The van der Waals surface area contributed by atoms with Gasteiger partial charge in [0.25, 0.3) is 11.5 Å². The fraction of sp³-hybridized carbons (Fsp3) is 0. The lowest BCUT2D eigenvalue weighted by Crippen LogP contribution is -2.22. The molecular weight excluding hydrogens is 370 g/mol. The van der Waals surface area contributed by atoms with Crippen LogP contribution in [0.4, 0.5) is 0 Å².